The number of benzene rings is 1. The number of hydrogen-bond acceptors (Lipinski definition) is 8. The summed E-state index contributed by atoms with van der Waals surface area (Å²) in [5.41, 5.74) is 2.05. The Balaban J connectivity index is 1.50. The van der Waals surface area contributed by atoms with Gasteiger partial charge in [0.15, 0.2) is 17.4 Å². The maximum Gasteiger partial charge on any atom is 0.339 e. The Morgan fingerprint density at radius 2 is 2.09 bits per heavy atom. The number of aromatic carboxylic acids is 1. The number of aromatic nitrogens is 3. The van der Waals surface area contributed by atoms with Crippen LogP contribution in [0.2, 0.25) is 0 Å². The van der Waals surface area contributed by atoms with E-state index in [0.717, 1.165) is 5.57 Å². The second-order valence-corrected chi connectivity index (χ2v) is 7.72. The molecule has 1 aromatic carbocycles. The van der Waals surface area contributed by atoms with Crippen molar-refractivity contribution in [3.05, 3.63) is 95.5 Å². The third-order valence-electron chi connectivity index (χ3n) is 5.57. The van der Waals surface area contributed by atoms with Crippen LogP contribution in [0, 0.1) is 5.82 Å². The maximum absolute atomic E-state index is 14.3. The number of hydrogen-bond donors (Lipinski definition) is 3. The Morgan fingerprint density at radius 1 is 1.24 bits per heavy atom. The molecule has 1 unspecified atom stereocenters. The standard InChI is InChI=1S/C24H19FN6O3/c25-17-7-3-1-5-14(17)13-31-19-8-4-2-6-15(19)21(30-31)23-27-12-20(32)22(29-23)28-18-9-10-26-11-16(18)24(33)34/h1-7,9-12,19,32H,8,13H2,(H,33,34)(H,26,27,28,29). The molecule has 3 aromatic rings. The highest BCUT2D eigenvalue weighted by molar-refractivity contribution is 6.12. The molecule has 0 bridgehead atoms. The number of nitrogens with zero attached hydrogens (tertiary/aromatic N) is 5. The molecule has 0 radical (unpaired) electrons. The number of rotatable bonds is 6. The molecule has 0 saturated carbocycles. The van der Waals surface area contributed by atoms with Gasteiger partial charge in [-0.2, -0.15) is 5.10 Å². The highest BCUT2D eigenvalue weighted by Gasteiger charge is 2.34. The van der Waals surface area contributed by atoms with Crippen molar-refractivity contribution >= 4 is 23.2 Å². The number of fused-ring (bicyclic) bond motifs is 1. The number of halogens is 1. The van der Waals surface area contributed by atoms with Gasteiger partial charge in [-0.15, -0.1) is 0 Å². The molecule has 34 heavy (non-hydrogen) atoms. The molecule has 3 heterocycles. The first kappa shape index (κ1) is 21.3. The van der Waals surface area contributed by atoms with Crippen LogP contribution in [0.1, 0.15) is 28.2 Å². The fraction of sp³-hybridized carbons (Fsp3) is 0.125. The number of nitrogens with one attached hydrogen (secondary N) is 1. The molecule has 2 aliphatic rings. The molecule has 1 aliphatic carbocycles. The largest absolute Gasteiger partial charge is 0.503 e. The number of carbonyl (C=O) groups is 1. The lowest BCUT2D eigenvalue weighted by atomic mass is 9.95. The van der Waals surface area contributed by atoms with E-state index in [9.17, 15) is 19.4 Å². The average Bonchev–Trinajstić information content (AvgIpc) is 3.21. The second-order valence-electron chi connectivity index (χ2n) is 7.72. The average molecular weight is 458 g/mol. The van der Waals surface area contributed by atoms with Crippen LogP contribution in [0.25, 0.3) is 0 Å². The monoisotopic (exact) mass is 458 g/mol. The SMILES string of the molecule is O=C(O)c1cnccc1Nc1nc(C2=NN(Cc3ccccc3F)C3CC=CC=C23)ncc1O. The minimum absolute atomic E-state index is 0.0254. The van der Waals surface area contributed by atoms with E-state index >= 15 is 0 Å². The summed E-state index contributed by atoms with van der Waals surface area (Å²) in [6.45, 7) is 0.272. The van der Waals surface area contributed by atoms with Crippen LogP contribution in [-0.2, 0) is 6.54 Å². The van der Waals surface area contributed by atoms with Gasteiger partial charge in [0.05, 0.1) is 24.5 Å². The highest BCUT2D eigenvalue weighted by Crippen LogP contribution is 2.33. The predicted octanol–water partition coefficient (Wildman–Crippen LogP) is 3.63. The van der Waals surface area contributed by atoms with Crippen molar-refractivity contribution in [3.63, 3.8) is 0 Å². The summed E-state index contributed by atoms with van der Waals surface area (Å²) >= 11 is 0. The molecule has 9 nitrogen and oxygen atoms in total. The summed E-state index contributed by atoms with van der Waals surface area (Å²) in [6, 6.07) is 7.93. The van der Waals surface area contributed by atoms with E-state index in [4.69, 9.17) is 5.10 Å². The Bertz CT molecular complexity index is 1370. The van der Waals surface area contributed by atoms with Gasteiger partial charge in [-0.05, 0) is 18.6 Å². The summed E-state index contributed by atoms with van der Waals surface area (Å²) in [5, 5.41) is 29.1. The number of allylic oxidation sites excluding steroid dienone is 2. The molecule has 0 spiro atoms. The number of hydrazone groups is 1. The summed E-state index contributed by atoms with van der Waals surface area (Å²) in [6.07, 6.45) is 10.4. The number of aromatic hydroxyl groups is 1. The molecule has 3 N–H and O–H groups in total. The van der Waals surface area contributed by atoms with Gasteiger partial charge in [0.25, 0.3) is 0 Å². The molecule has 0 saturated heterocycles. The zero-order chi connectivity index (χ0) is 23.7. The summed E-state index contributed by atoms with van der Waals surface area (Å²) in [7, 11) is 0. The predicted molar refractivity (Wildman–Crippen MR) is 122 cm³/mol. The lowest BCUT2D eigenvalue weighted by Gasteiger charge is -2.25. The second kappa shape index (κ2) is 8.74. The molecule has 170 valence electrons. The van der Waals surface area contributed by atoms with Crippen LogP contribution < -0.4 is 5.32 Å². The van der Waals surface area contributed by atoms with Gasteiger partial charge < -0.3 is 15.5 Å². The fourth-order valence-corrected chi connectivity index (χ4v) is 3.90. The van der Waals surface area contributed by atoms with Crippen LogP contribution in [-0.4, -0.2) is 47.9 Å². The van der Waals surface area contributed by atoms with Gasteiger partial charge in [0.2, 0.25) is 0 Å². The van der Waals surface area contributed by atoms with Gasteiger partial charge in [0.1, 0.15) is 17.1 Å². The van der Waals surface area contributed by atoms with Crippen molar-refractivity contribution in [2.75, 3.05) is 5.32 Å². The van der Waals surface area contributed by atoms with E-state index in [1.165, 1.54) is 30.7 Å². The van der Waals surface area contributed by atoms with Gasteiger partial charge >= 0.3 is 5.97 Å². The molecule has 1 atom stereocenters. The topological polar surface area (TPSA) is 124 Å². The Labute approximate surface area is 193 Å². The minimum atomic E-state index is -1.17. The zero-order valence-electron chi connectivity index (χ0n) is 17.8. The van der Waals surface area contributed by atoms with Gasteiger partial charge in [0, 0.05) is 23.5 Å². The molecular weight excluding hydrogens is 439 g/mol. The quantitative estimate of drug-likeness (QED) is 0.512. The Hall–Kier alpha value is -4.60. The van der Waals surface area contributed by atoms with Crippen LogP contribution in [0.3, 0.4) is 0 Å². The molecule has 0 amide bonds. The first-order valence-corrected chi connectivity index (χ1v) is 10.5. The number of anilines is 2. The molecule has 1 aliphatic heterocycles. The van der Waals surface area contributed by atoms with Crippen LogP contribution in [0.5, 0.6) is 5.75 Å². The van der Waals surface area contributed by atoms with E-state index in [1.54, 1.807) is 23.2 Å². The molecule has 10 heteroatoms. The van der Waals surface area contributed by atoms with E-state index in [1.807, 2.05) is 18.2 Å². The normalized spacial score (nSPS) is 16.6. The van der Waals surface area contributed by atoms with Gasteiger partial charge in [-0.25, -0.2) is 19.2 Å². The Kier molecular flexibility index (Phi) is 5.46. The number of carboxylic acid groups (broad SMARTS) is 1. The number of carboxylic acids is 1. The van der Waals surface area contributed by atoms with Crippen molar-refractivity contribution in [1.82, 2.24) is 20.0 Å². The van der Waals surface area contributed by atoms with Crippen LogP contribution >= 0.6 is 0 Å². The van der Waals surface area contributed by atoms with Crippen molar-refractivity contribution in [1.29, 1.82) is 0 Å². The Morgan fingerprint density at radius 3 is 2.91 bits per heavy atom. The lowest BCUT2D eigenvalue weighted by Crippen LogP contribution is -2.28. The summed E-state index contributed by atoms with van der Waals surface area (Å²) < 4.78 is 14.3. The van der Waals surface area contributed by atoms with E-state index in [0.29, 0.717) is 17.7 Å². The van der Waals surface area contributed by atoms with Crippen LogP contribution in [0.4, 0.5) is 15.9 Å². The first-order valence-electron chi connectivity index (χ1n) is 10.5. The number of pyridine rings is 1. The first-order chi connectivity index (χ1) is 16.5. The summed E-state index contributed by atoms with van der Waals surface area (Å²) in [4.78, 5) is 24.0. The van der Waals surface area contributed by atoms with E-state index < -0.39 is 5.97 Å². The molecule has 2 aromatic heterocycles. The minimum Gasteiger partial charge on any atom is -0.503 e. The smallest absolute Gasteiger partial charge is 0.339 e. The van der Waals surface area contributed by atoms with E-state index in [-0.39, 0.29) is 47.0 Å². The molecule has 0 fully saturated rings. The van der Waals surface area contributed by atoms with Crippen molar-refractivity contribution in [3.8, 4) is 5.75 Å². The van der Waals surface area contributed by atoms with Gasteiger partial charge in [-0.1, -0.05) is 36.4 Å². The summed E-state index contributed by atoms with van der Waals surface area (Å²) in [5.74, 6) is -1.46. The molecule has 5 rings (SSSR count). The van der Waals surface area contributed by atoms with Crippen molar-refractivity contribution < 1.29 is 19.4 Å². The third kappa shape index (κ3) is 3.96. The zero-order valence-corrected chi connectivity index (χ0v) is 17.8. The maximum atomic E-state index is 14.3. The fourth-order valence-electron chi connectivity index (χ4n) is 3.90. The third-order valence-corrected chi connectivity index (χ3v) is 5.57. The van der Waals surface area contributed by atoms with E-state index in [2.05, 4.69) is 20.3 Å². The van der Waals surface area contributed by atoms with Crippen LogP contribution in [0.15, 0.2) is 77.8 Å². The molecular formula is C24H19FN6O3. The highest BCUT2D eigenvalue weighted by atomic mass is 19.1. The van der Waals surface area contributed by atoms with Crippen molar-refractivity contribution in [2.24, 2.45) is 5.10 Å². The lowest BCUT2D eigenvalue weighted by molar-refractivity contribution is 0.0697. The van der Waals surface area contributed by atoms with Gasteiger partial charge in [-0.3, -0.25) is 9.99 Å². The van der Waals surface area contributed by atoms with Crippen molar-refractivity contribution in [2.45, 2.75) is 19.0 Å².